The summed E-state index contributed by atoms with van der Waals surface area (Å²) in [5.74, 6) is -0.161. The Kier molecular flexibility index (Phi) is 1.85. The molecular formula is C10H12FN. The molecule has 1 saturated heterocycles. The predicted octanol–water partition coefficient (Wildman–Crippen LogP) is 2.25. The van der Waals surface area contributed by atoms with Crippen LogP contribution in [0.25, 0.3) is 0 Å². The third-order valence-corrected chi connectivity index (χ3v) is 2.35. The highest BCUT2D eigenvalue weighted by Crippen LogP contribution is 2.27. The highest BCUT2D eigenvalue weighted by atomic mass is 19.1. The summed E-state index contributed by atoms with van der Waals surface area (Å²) in [5.41, 5.74) is 1.19. The molecule has 0 aromatic heterocycles. The van der Waals surface area contributed by atoms with E-state index < -0.39 is 0 Å². The van der Waals surface area contributed by atoms with Gasteiger partial charge in [0.25, 0.3) is 0 Å². The highest BCUT2D eigenvalue weighted by molar-refractivity contribution is 5.22. The molecule has 1 aliphatic heterocycles. The number of nitrogens with one attached hydrogen (secondary N) is 1. The van der Waals surface area contributed by atoms with E-state index in [0.29, 0.717) is 12.1 Å². The van der Waals surface area contributed by atoms with Crippen LogP contribution < -0.4 is 5.32 Å². The van der Waals surface area contributed by atoms with Crippen LogP contribution in [0.2, 0.25) is 0 Å². The van der Waals surface area contributed by atoms with Gasteiger partial charge in [-0.2, -0.15) is 0 Å². The predicted molar refractivity (Wildman–Crippen MR) is 46.4 cm³/mol. The van der Waals surface area contributed by atoms with E-state index in [1.807, 2.05) is 12.1 Å². The lowest BCUT2D eigenvalue weighted by Gasteiger charge is -2.35. The zero-order valence-corrected chi connectivity index (χ0v) is 7.05. The second kappa shape index (κ2) is 2.87. The van der Waals surface area contributed by atoms with Gasteiger partial charge in [-0.1, -0.05) is 12.1 Å². The van der Waals surface area contributed by atoms with Gasteiger partial charge in [0.1, 0.15) is 5.82 Å². The van der Waals surface area contributed by atoms with E-state index in [1.54, 1.807) is 0 Å². The number of benzene rings is 1. The molecular weight excluding hydrogens is 153 g/mol. The Morgan fingerprint density at radius 3 is 2.42 bits per heavy atom. The molecule has 1 aliphatic rings. The van der Waals surface area contributed by atoms with Crippen LogP contribution in [0.4, 0.5) is 4.39 Å². The third kappa shape index (κ3) is 1.34. The van der Waals surface area contributed by atoms with E-state index in [-0.39, 0.29) is 5.82 Å². The minimum atomic E-state index is -0.161. The average molecular weight is 165 g/mol. The van der Waals surface area contributed by atoms with Gasteiger partial charge in [0, 0.05) is 12.1 Å². The van der Waals surface area contributed by atoms with Gasteiger partial charge in [0.2, 0.25) is 0 Å². The molecule has 1 aromatic rings. The van der Waals surface area contributed by atoms with Crippen molar-refractivity contribution < 1.29 is 4.39 Å². The lowest BCUT2D eigenvalue weighted by Crippen LogP contribution is -2.43. The number of hydrogen-bond acceptors (Lipinski definition) is 1. The summed E-state index contributed by atoms with van der Waals surface area (Å²) in [5, 5.41) is 3.36. The Hall–Kier alpha value is -0.890. The fraction of sp³-hybridized carbons (Fsp3) is 0.400. The minimum absolute atomic E-state index is 0.161. The van der Waals surface area contributed by atoms with Crippen LogP contribution in [0, 0.1) is 5.82 Å². The van der Waals surface area contributed by atoms with Crippen molar-refractivity contribution in [1.29, 1.82) is 0 Å². The van der Waals surface area contributed by atoms with Crippen LogP contribution in [-0.4, -0.2) is 6.04 Å². The van der Waals surface area contributed by atoms with Gasteiger partial charge in [-0.05, 0) is 31.0 Å². The molecule has 64 valence electrons. The third-order valence-electron chi connectivity index (χ3n) is 2.35. The Bertz CT molecular complexity index is 262. The van der Waals surface area contributed by atoms with Crippen molar-refractivity contribution in [2.45, 2.75) is 25.4 Å². The normalized spacial score (nSPS) is 28.2. The molecule has 0 spiro atoms. The summed E-state index contributed by atoms with van der Waals surface area (Å²) >= 11 is 0. The Labute approximate surface area is 71.6 Å². The summed E-state index contributed by atoms with van der Waals surface area (Å²) in [6, 6.07) is 7.78. The molecule has 2 atom stereocenters. The maximum Gasteiger partial charge on any atom is 0.123 e. The topological polar surface area (TPSA) is 12.0 Å². The van der Waals surface area contributed by atoms with Crippen LogP contribution in [-0.2, 0) is 0 Å². The largest absolute Gasteiger partial charge is 0.307 e. The van der Waals surface area contributed by atoms with Crippen LogP contribution in [0.15, 0.2) is 24.3 Å². The smallest absolute Gasteiger partial charge is 0.123 e. The van der Waals surface area contributed by atoms with Crippen LogP contribution in [0.3, 0.4) is 0 Å². The standard InChI is InChI=1S/C10H12FN/c1-7-6-10(12-7)8-2-4-9(11)5-3-8/h2-5,7,10,12H,6H2,1H3. The lowest BCUT2D eigenvalue weighted by atomic mass is 9.92. The van der Waals surface area contributed by atoms with Crippen LogP contribution in [0.1, 0.15) is 24.9 Å². The van der Waals surface area contributed by atoms with Crippen molar-refractivity contribution in [2.24, 2.45) is 0 Å². The second-order valence-corrected chi connectivity index (χ2v) is 3.41. The van der Waals surface area contributed by atoms with Crippen molar-refractivity contribution in [3.8, 4) is 0 Å². The van der Waals surface area contributed by atoms with Gasteiger partial charge >= 0.3 is 0 Å². The Morgan fingerprint density at radius 2 is 1.92 bits per heavy atom. The van der Waals surface area contributed by atoms with Crippen molar-refractivity contribution in [3.05, 3.63) is 35.6 Å². The Balaban J connectivity index is 2.09. The van der Waals surface area contributed by atoms with Crippen molar-refractivity contribution in [1.82, 2.24) is 5.32 Å². The molecule has 0 radical (unpaired) electrons. The summed E-state index contributed by atoms with van der Waals surface area (Å²) in [6.07, 6.45) is 1.16. The zero-order chi connectivity index (χ0) is 8.55. The first-order chi connectivity index (χ1) is 5.75. The first-order valence-corrected chi connectivity index (χ1v) is 4.27. The quantitative estimate of drug-likeness (QED) is 0.673. The van der Waals surface area contributed by atoms with E-state index in [4.69, 9.17) is 0 Å². The maximum absolute atomic E-state index is 12.5. The molecule has 1 nitrogen and oxygen atoms in total. The molecule has 1 N–H and O–H groups in total. The monoisotopic (exact) mass is 165 g/mol. The Morgan fingerprint density at radius 1 is 1.33 bits per heavy atom. The van der Waals surface area contributed by atoms with Gasteiger partial charge in [0.15, 0.2) is 0 Å². The van der Waals surface area contributed by atoms with Crippen LogP contribution in [0.5, 0.6) is 0 Å². The lowest BCUT2D eigenvalue weighted by molar-refractivity contribution is 0.287. The van der Waals surface area contributed by atoms with Crippen molar-refractivity contribution >= 4 is 0 Å². The SMILES string of the molecule is CC1CC(c2ccc(F)cc2)N1. The van der Waals surface area contributed by atoms with Crippen molar-refractivity contribution in [2.75, 3.05) is 0 Å². The zero-order valence-electron chi connectivity index (χ0n) is 7.05. The summed E-state index contributed by atoms with van der Waals surface area (Å²) in [7, 11) is 0. The molecule has 1 fully saturated rings. The second-order valence-electron chi connectivity index (χ2n) is 3.41. The number of halogens is 1. The molecule has 0 aliphatic carbocycles. The molecule has 2 rings (SSSR count). The van der Waals surface area contributed by atoms with E-state index in [1.165, 1.54) is 17.7 Å². The fourth-order valence-corrected chi connectivity index (χ4v) is 1.60. The van der Waals surface area contributed by atoms with E-state index in [9.17, 15) is 4.39 Å². The van der Waals surface area contributed by atoms with Crippen molar-refractivity contribution in [3.63, 3.8) is 0 Å². The summed E-state index contributed by atoms with van der Waals surface area (Å²) in [4.78, 5) is 0. The van der Waals surface area contributed by atoms with E-state index in [0.717, 1.165) is 6.42 Å². The van der Waals surface area contributed by atoms with Gasteiger partial charge in [-0.15, -0.1) is 0 Å². The molecule has 1 heterocycles. The van der Waals surface area contributed by atoms with Crippen LogP contribution >= 0.6 is 0 Å². The maximum atomic E-state index is 12.5. The van der Waals surface area contributed by atoms with Gasteiger partial charge in [-0.3, -0.25) is 0 Å². The molecule has 1 aromatic carbocycles. The first-order valence-electron chi connectivity index (χ1n) is 4.27. The summed E-state index contributed by atoms with van der Waals surface area (Å²) < 4.78 is 12.5. The number of hydrogen-bond donors (Lipinski definition) is 1. The minimum Gasteiger partial charge on any atom is -0.307 e. The van der Waals surface area contributed by atoms with Gasteiger partial charge in [-0.25, -0.2) is 4.39 Å². The molecule has 12 heavy (non-hydrogen) atoms. The molecule has 0 bridgehead atoms. The van der Waals surface area contributed by atoms with E-state index in [2.05, 4.69) is 12.2 Å². The molecule has 2 unspecified atom stereocenters. The molecule has 0 saturated carbocycles. The summed E-state index contributed by atoms with van der Waals surface area (Å²) in [6.45, 7) is 2.15. The molecule has 2 heteroatoms. The molecule has 0 amide bonds. The fourth-order valence-electron chi connectivity index (χ4n) is 1.60. The average Bonchev–Trinajstić information content (AvgIpc) is 2.01. The van der Waals surface area contributed by atoms with E-state index >= 15 is 0 Å². The van der Waals surface area contributed by atoms with Gasteiger partial charge in [0.05, 0.1) is 0 Å². The first kappa shape index (κ1) is 7.74. The van der Waals surface area contributed by atoms with Gasteiger partial charge < -0.3 is 5.32 Å². The highest BCUT2D eigenvalue weighted by Gasteiger charge is 2.25. The number of rotatable bonds is 1.